The van der Waals surface area contributed by atoms with Crippen LogP contribution in [0.5, 0.6) is 0 Å². The van der Waals surface area contributed by atoms with Gasteiger partial charge in [0.25, 0.3) is 0 Å². The van der Waals surface area contributed by atoms with Crippen LogP contribution in [0.3, 0.4) is 0 Å². The second-order valence-electron chi connectivity index (χ2n) is 4.92. The minimum absolute atomic E-state index is 0. The quantitative estimate of drug-likeness (QED) is 0.781. The number of halogens is 1. The maximum atomic E-state index is 12.3. The standard InChI is InChI=1S/C11H20N2O2.ClH/c1-11(4-5-12-8-11)10(14)13(2)9-3-6-15-7-9;/h9,12H,3-8H2,1-2H3;1H. The van der Waals surface area contributed by atoms with Gasteiger partial charge in [0.15, 0.2) is 0 Å². The zero-order valence-corrected chi connectivity index (χ0v) is 10.8. The van der Waals surface area contributed by atoms with Crippen LogP contribution in [0.25, 0.3) is 0 Å². The Morgan fingerprint density at radius 1 is 1.56 bits per heavy atom. The largest absolute Gasteiger partial charge is 0.379 e. The topological polar surface area (TPSA) is 41.6 Å². The van der Waals surface area contributed by atoms with Gasteiger partial charge >= 0.3 is 0 Å². The fourth-order valence-electron chi connectivity index (χ4n) is 2.42. The van der Waals surface area contributed by atoms with Crippen molar-refractivity contribution in [1.82, 2.24) is 10.2 Å². The van der Waals surface area contributed by atoms with Gasteiger partial charge in [-0.3, -0.25) is 4.79 Å². The number of hydrogen-bond acceptors (Lipinski definition) is 3. The molecule has 2 unspecified atom stereocenters. The lowest BCUT2D eigenvalue weighted by Crippen LogP contribution is -2.46. The lowest BCUT2D eigenvalue weighted by molar-refractivity contribution is -0.141. The molecule has 16 heavy (non-hydrogen) atoms. The van der Waals surface area contributed by atoms with Crippen molar-refractivity contribution in [3.63, 3.8) is 0 Å². The van der Waals surface area contributed by atoms with E-state index in [1.165, 1.54) is 0 Å². The lowest BCUT2D eigenvalue weighted by Gasteiger charge is -2.31. The van der Waals surface area contributed by atoms with Crippen molar-refractivity contribution in [3.05, 3.63) is 0 Å². The van der Waals surface area contributed by atoms with E-state index in [4.69, 9.17) is 4.74 Å². The number of likely N-dealkylation sites (N-methyl/N-ethyl adjacent to an activating group) is 1. The first-order valence-corrected chi connectivity index (χ1v) is 5.69. The summed E-state index contributed by atoms with van der Waals surface area (Å²) in [6.07, 6.45) is 1.93. The molecule has 5 heteroatoms. The molecule has 2 aliphatic rings. The summed E-state index contributed by atoms with van der Waals surface area (Å²) in [5.74, 6) is 0.267. The zero-order chi connectivity index (χ0) is 10.9. The van der Waals surface area contributed by atoms with Gasteiger partial charge in [0.05, 0.1) is 18.1 Å². The van der Waals surface area contributed by atoms with Crippen molar-refractivity contribution in [1.29, 1.82) is 0 Å². The number of rotatable bonds is 2. The summed E-state index contributed by atoms with van der Waals surface area (Å²) in [5, 5.41) is 3.26. The molecule has 0 saturated carbocycles. The molecule has 0 aromatic rings. The molecule has 2 heterocycles. The maximum absolute atomic E-state index is 12.3. The number of amides is 1. The van der Waals surface area contributed by atoms with E-state index in [1.54, 1.807) is 0 Å². The highest BCUT2D eigenvalue weighted by Crippen LogP contribution is 2.28. The van der Waals surface area contributed by atoms with E-state index in [0.29, 0.717) is 6.61 Å². The van der Waals surface area contributed by atoms with Crippen LogP contribution in [0, 0.1) is 5.41 Å². The fraction of sp³-hybridized carbons (Fsp3) is 0.909. The Kier molecular flexibility index (Phi) is 4.59. The average molecular weight is 249 g/mol. The van der Waals surface area contributed by atoms with Crippen molar-refractivity contribution in [2.45, 2.75) is 25.8 Å². The first kappa shape index (κ1) is 13.7. The Balaban J connectivity index is 0.00000128. The van der Waals surface area contributed by atoms with Crippen molar-refractivity contribution in [2.75, 3.05) is 33.4 Å². The normalized spacial score (nSPS) is 33.5. The molecule has 2 fully saturated rings. The van der Waals surface area contributed by atoms with Gasteiger partial charge in [0.1, 0.15) is 0 Å². The van der Waals surface area contributed by atoms with Gasteiger partial charge in [-0.05, 0) is 26.3 Å². The van der Waals surface area contributed by atoms with Crippen LogP contribution in [-0.2, 0) is 9.53 Å². The van der Waals surface area contributed by atoms with Gasteiger partial charge in [0.2, 0.25) is 5.91 Å². The first-order valence-electron chi connectivity index (χ1n) is 5.69. The average Bonchev–Trinajstić information content (AvgIpc) is 2.86. The molecule has 2 rings (SSSR count). The van der Waals surface area contributed by atoms with E-state index in [-0.39, 0.29) is 29.8 Å². The summed E-state index contributed by atoms with van der Waals surface area (Å²) < 4.78 is 5.31. The molecule has 0 radical (unpaired) electrons. The van der Waals surface area contributed by atoms with E-state index in [9.17, 15) is 4.79 Å². The van der Waals surface area contributed by atoms with Crippen LogP contribution in [-0.4, -0.2) is 50.2 Å². The first-order chi connectivity index (χ1) is 7.13. The number of carbonyl (C=O) groups is 1. The summed E-state index contributed by atoms with van der Waals surface area (Å²) in [6.45, 7) is 5.31. The fourth-order valence-corrected chi connectivity index (χ4v) is 2.42. The molecule has 0 aromatic carbocycles. The molecule has 1 amide bonds. The molecule has 0 spiro atoms. The minimum atomic E-state index is -0.197. The van der Waals surface area contributed by atoms with Gasteiger partial charge in [-0.2, -0.15) is 0 Å². The summed E-state index contributed by atoms with van der Waals surface area (Å²) >= 11 is 0. The molecule has 2 aliphatic heterocycles. The van der Waals surface area contributed by atoms with E-state index >= 15 is 0 Å². The second kappa shape index (κ2) is 5.34. The molecular weight excluding hydrogens is 228 g/mol. The smallest absolute Gasteiger partial charge is 0.229 e. The van der Waals surface area contributed by atoms with Crippen LogP contribution < -0.4 is 5.32 Å². The molecule has 4 nitrogen and oxygen atoms in total. The second-order valence-corrected chi connectivity index (χ2v) is 4.92. The minimum Gasteiger partial charge on any atom is -0.379 e. The summed E-state index contributed by atoms with van der Waals surface area (Å²) in [6, 6.07) is 0.287. The van der Waals surface area contributed by atoms with Crippen molar-refractivity contribution in [2.24, 2.45) is 5.41 Å². The molecular formula is C11H21ClN2O2. The zero-order valence-electron chi connectivity index (χ0n) is 9.99. The number of hydrogen-bond donors (Lipinski definition) is 1. The summed E-state index contributed by atoms with van der Waals surface area (Å²) in [5.41, 5.74) is -0.197. The summed E-state index contributed by atoms with van der Waals surface area (Å²) in [4.78, 5) is 14.2. The molecule has 94 valence electrons. The van der Waals surface area contributed by atoms with Gasteiger partial charge in [-0.1, -0.05) is 0 Å². The maximum Gasteiger partial charge on any atom is 0.229 e. The molecule has 1 N–H and O–H groups in total. The van der Waals surface area contributed by atoms with E-state index < -0.39 is 0 Å². The molecule has 0 aliphatic carbocycles. The van der Waals surface area contributed by atoms with Gasteiger partial charge in [0, 0.05) is 20.2 Å². The van der Waals surface area contributed by atoms with E-state index in [2.05, 4.69) is 12.2 Å². The Bertz CT molecular complexity index is 248. The third-order valence-electron chi connectivity index (χ3n) is 3.66. The SMILES string of the molecule is CN(C(=O)C1(C)CCNC1)C1CCOC1.Cl. The van der Waals surface area contributed by atoms with Crippen LogP contribution in [0.15, 0.2) is 0 Å². The third kappa shape index (κ3) is 2.50. The molecule has 0 aromatic heterocycles. The van der Waals surface area contributed by atoms with Crippen molar-refractivity contribution in [3.8, 4) is 0 Å². The van der Waals surface area contributed by atoms with E-state index in [0.717, 1.165) is 32.5 Å². The van der Waals surface area contributed by atoms with Crippen LogP contribution in [0.1, 0.15) is 19.8 Å². The molecule has 0 bridgehead atoms. The van der Waals surface area contributed by atoms with E-state index in [1.807, 2.05) is 11.9 Å². The highest BCUT2D eigenvalue weighted by Gasteiger charge is 2.40. The Labute approximate surface area is 103 Å². The predicted octanol–water partition coefficient (Wildman–Crippen LogP) is 0.655. The third-order valence-corrected chi connectivity index (χ3v) is 3.66. The van der Waals surface area contributed by atoms with Crippen LogP contribution in [0.4, 0.5) is 0 Å². The number of carbonyl (C=O) groups excluding carboxylic acids is 1. The highest BCUT2D eigenvalue weighted by molar-refractivity contribution is 5.85. The van der Waals surface area contributed by atoms with Gasteiger partial charge in [-0.25, -0.2) is 0 Å². The summed E-state index contributed by atoms with van der Waals surface area (Å²) in [7, 11) is 1.91. The predicted molar refractivity (Wildman–Crippen MR) is 64.8 cm³/mol. The lowest BCUT2D eigenvalue weighted by atomic mass is 9.87. The van der Waals surface area contributed by atoms with Crippen molar-refractivity contribution < 1.29 is 9.53 Å². The molecule has 2 saturated heterocycles. The number of ether oxygens (including phenoxy) is 1. The van der Waals surface area contributed by atoms with Gasteiger partial charge < -0.3 is 15.0 Å². The van der Waals surface area contributed by atoms with Gasteiger partial charge in [-0.15, -0.1) is 12.4 Å². The van der Waals surface area contributed by atoms with Crippen LogP contribution in [0.2, 0.25) is 0 Å². The highest BCUT2D eigenvalue weighted by atomic mass is 35.5. The molecule has 2 atom stereocenters. The Morgan fingerprint density at radius 3 is 2.81 bits per heavy atom. The number of nitrogens with one attached hydrogen (secondary N) is 1. The van der Waals surface area contributed by atoms with Crippen LogP contribution >= 0.6 is 12.4 Å². The number of nitrogens with zero attached hydrogens (tertiary/aromatic N) is 1. The van der Waals surface area contributed by atoms with Crippen molar-refractivity contribution >= 4 is 18.3 Å². The Hall–Kier alpha value is -0.320. The Morgan fingerprint density at radius 2 is 2.31 bits per heavy atom. The monoisotopic (exact) mass is 248 g/mol.